The van der Waals surface area contributed by atoms with E-state index in [1.807, 2.05) is 35.7 Å². The number of nitrogens with zero attached hydrogens (tertiary/aromatic N) is 2. The first-order valence-electron chi connectivity index (χ1n) is 7.01. The Labute approximate surface area is 142 Å². The van der Waals surface area contributed by atoms with Crippen molar-refractivity contribution in [1.29, 1.82) is 0 Å². The molecule has 1 amide bonds. The normalized spacial score (nSPS) is 10.7. The monoisotopic (exact) mass is 347 g/mol. The highest BCUT2D eigenvalue weighted by atomic mass is 35.5. The smallest absolute Gasteiger partial charge is 0.274 e. The molecular formula is C16H14ClN3O2S. The molecule has 5 nitrogen and oxygen atoms in total. The maximum Gasteiger partial charge on any atom is 0.293 e. The first kappa shape index (κ1) is 15.7. The molecule has 0 aliphatic heterocycles. The van der Waals surface area contributed by atoms with Crippen LogP contribution >= 0.6 is 22.9 Å². The molecule has 0 saturated carbocycles. The molecule has 3 rings (SSSR count). The Hall–Kier alpha value is -2.15. The third-order valence-corrected chi connectivity index (χ3v) is 4.32. The van der Waals surface area contributed by atoms with Crippen molar-refractivity contribution < 1.29 is 9.63 Å². The van der Waals surface area contributed by atoms with E-state index in [0.717, 1.165) is 4.88 Å². The number of rotatable bonds is 5. The number of aromatic nitrogens is 2. The van der Waals surface area contributed by atoms with Crippen molar-refractivity contribution in [3.8, 4) is 16.3 Å². The number of thiophene rings is 1. The first-order chi connectivity index (χ1) is 11.2. The van der Waals surface area contributed by atoms with Crippen molar-refractivity contribution >= 4 is 28.8 Å². The molecule has 0 bridgehead atoms. The van der Waals surface area contributed by atoms with Gasteiger partial charge in [0.05, 0.1) is 22.2 Å². The summed E-state index contributed by atoms with van der Waals surface area (Å²) in [6, 6.07) is 12.9. The minimum absolute atomic E-state index is 0.356. The lowest BCUT2D eigenvalue weighted by molar-refractivity contribution is 0.0357. The second-order valence-corrected chi connectivity index (χ2v) is 5.97. The lowest BCUT2D eigenvalue weighted by Crippen LogP contribution is -2.26. The van der Waals surface area contributed by atoms with Gasteiger partial charge in [0.25, 0.3) is 5.91 Å². The Morgan fingerprint density at radius 1 is 1.35 bits per heavy atom. The van der Waals surface area contributed by atoms with Crippen molar-refractivity contribution in [3.63, 3.8) is 0 Å². The van der Waals surface area contributed by atoms with Crippen molar-refractivity contribution in [1.82, 2.24) is 15.3 Å². The van der Waals surface area contributed by atoms with Crippen molar-refractivity contribution in [2.24, 2.45) is 0 Å². The van der Waals surface area contributed by atoms with Crippen LogP contribution in [0.2, 0.25) is 5.02 Å². The molecule has 0 aliphatic carbocycles. The Balaban J connectivity index is 2.09. The summed E-state index contributed by atoms with van der Waals surface area (Å²) < 4.78 is 1.53. The highest BCUT2D eigenvalue weighted by Gasteiger charge is 2.19. The van der Waals surface area contributed by atoms with Gasteiger partial charge < -0.3 is 0 Å². The summed E-state index contributed by atoms with van der Waals surface area (Å²) in [5, 5.41) is 7.01. The van der Waals surface area contributed by atoms with Gasteiger partial charge in [0, 0.05) is 0 Å². The van der Waals surface area contributed by atoms with Gasteiger partial charge in [0.1, 0.15) is 11.4 Å². The molecule has 0 fully saturated rings. The average molecular weight is 348 g/mol. The van der Waals surface area contributed by atoms with E-state index in [9.17, 15) is 4.79 Å². The van der Waals surface area contributed by atoms with E-state index in [4.69, 9.17) is 16.4 Å². The van der Waals surface area contributed by atoms with Crippen LogP contribution in [0.5, 0.6) is 0 Å². The minimum atomic E-state index is -0.373. The second kappa shape index (κ2) is 6.95. The fourth-order valence-corrected chi connectivity index (χ4v) is 2.98. The topological polar surface area (TPSA) is 56.1 Å². The van der Waals surface area contributed by atoms with Gasteiger partial charge in [-0.3, -0.25) is 9.63 Å². The van der Waals surface area contributed by atoms with Gasteiger partial charge in [0.15, 0.2) is 0 Å². The number of nitrogens with one attached hydrogen (secondary N) is 1. The zero-order valence-corrected chi connectivity index (χ0v) is 13.9. The van der Waals surface area contributed by atoms with Crippen LogP contribution in [0.1, 0.15) is 17.4 Å². The lowest BCUT2D eigenvalue weighted by atomic mass is 10.3. The Bertz CT molecular complexity index is 815. The number of para-hydroxylation sites is 1. The van der Waals surface area contributed by atoms with Crippen LogP contribution in [0.25, 0.3) is 16.3 Å². The second-order valence-electron chi connectivity index (χ2n) is 4.62. The van der Waals surface area contributed by atoms with Gasteiger partial charge in [-0.25, -0.2) is 10.2 Å². The highest BCUT2D eigenvalue weighted by Crippen LogP contribution is 2.28. The summed E-state index contributed by atoms with van der Waals surface area (Å²) in [5.74, 6) is -0.373. The number of hydrogen-bond donors (Lipinski definition) is 1. The van der Waals surface area contributed by atoms with E-state index < -0.39 is 0 Å². The van der Waals surface area contributed by atoms with Crippen LogP contribution in [-0.4, -0.2) is 22.3 Å². The molecule has 0 radical (unpaired) electrons. The molecule has 0 aliphatic rings. The average Bonchev–Trinajstić information content (AvgIpc) is 3.22. The molecule has 0 spiro atoms. The highest BCUT2D eigenvalue weighted by molar-refractivity contribution is 7.13. The van der Waals surface area contributed by atoms with Gasteiger partial charge in [0.2, 0.25) is 0 Å². The molecule has 2 aromatic heterocycles. The van der Waals surface area contributed by atoms with Gasteiger partial charge >= 0.3 is 0 Å². The predicted molar refractivity (Wildman–Crippen MR) is 91.0 cm³/mol. The van der Waals surface area contributed by atoms with E-state index in [1.165, 1.54) is 4.68 Å². The first-order valence-corrected chi connectivity index (χ1v) is 8.27. The molecule has 3 aromatic rings. The molecular weight excluding hydrogens is 334 g/mol. The van der Waals surface area contributed by atoms with Crippen molar-refractivity contribution in [2.45, 2.75) is 6.92 Å². The maximum absolute atomic E-state index is 12.4. The van der Waals surface area contributed by atoms with Crippen LogP contribution < -0.4 is 5.48 Å². The van der Waals surface area contributed by atoms with Gasteiger partial charge in [-0.1, -0.05) is 29.8 Å². The summed E-state index contributed by atoms with van der Waals surface area (Å²) in [6.07, 6.45) is 0. The molecule has 7 heteroatoms. The number of carbonyl (C=O) groups is 1. The lowest BCUT2D eigenvalue weighted by Gasteiger charge is -2.09. The Morgan fingerprint density at radius 2 is 2.17 bits per heavy atom. The fraction of sp³-hybridized carbons (Fsp3) is 0.125. The minimum Gasteiger partial charge on any atom is -0.274 e. The molecule has 1 aromatic carbocycles. The summed E-state index contributed by atoms with van der Waals surface area (Å²) in [6.45, 7) is 2.17. The predicted octanol–water partition coefficient (Wildman–Crippen LogP) is 3.94. The summed E-state index contributed by atoms with van der Waals surface area (Å²) in [4.78, 5) is 18.3. The molecule has 0 saturated heterocycles. The standard InChI is InChI=1S/C16H14ClN3O2S/c1-2-22-19-16(21)14-10-12(15-8-5-9-23-15)18-20(14)13-7-4-3-6-11(13)17/h3-10H,2H2,1H3,(H,19,21). The molecule has 0 atom stereocenters. The molecule has 23 heavy (non-hydrogen) atoms. The van der Waals surface area contributed by atoms with Gasteiger partial charge in [-0.2, -0.15) is 5.10 Å². The van der Waals surface area contributed by atoms with Crippen molar-refractivity contribution in [2.75, 3.05) is 6.61 Å². The maximum atomic E-state index is 12.4. The SMILES string of the molecule is CCONC(=O)c1cc(-c2cccs2)nn1-c1ccccc1Cl. The number of hydrogen-bond acceptors (Lipinski definition) is 4. The number of halogens is 1. The number of carbonyl (C=O) groups excluding carboxylic acids is 1. The number of amides is 1. The third kappa shape index (κ3) is 3.29. The third-order valence-electron chi connectivity index (χ3n) is 3.11. The van der Waals surface area contributed by atoms with Gasteiger partial charge in [-0.05, 0) is 36.6 Å². The summed E-state index contributed by atoms with van der Waals surface area (Å²) >= 11 is 7.81. The van der Waals surface area contributed by atoms with E-state index in [2.05, 4.69) is 10.6 Å². The molecule has 118 valence electrons. The fourth-order valence-electron chi connectivity index (χ4n) is 2.08. The quantitative estimate of drug-likeness (QED) is 0.711. The Morgan fingerprint density at radius 3 is 2.87 bits per heavy atom. The van der Waals surface area contributed by atoms with E-state index in [-0.39, 0.29) is 5.91 Å². The summed E-state index contributed by atoms with van der Waals surface area (Å²) in [5.41, 5.74) is 4.10. The molecule has 2 heterocycles. The van der Waals surface area contributed by atoms with Crippen LogP contribution in [-0.2, 0) is 4.84 Å². The van der Waals surface area contributed by atoms with Crippen LogP contribution in [0.4, 0.5) is 0 Å². The van der Waals surface area contributed by atoms with E-state index in [0.29, 0.717) is 28.7 Å². The van der Waals surface area contributed by atoms with Gasteiger partial charge in [-0.15, -0.1) is 11.3 Å². The zero-order chi connectivity index (χ0) is 16.2. The van der Waals surface area contributed by atoms with E-state index in [1.54, 1.807) is 30.4 Å². The van der Waals surface area contributed by atoms with E-state index >= 15 is 0 Å². The molecule has 1 N–H and O–H groups in total. The van der Waals surface area contributed by atoms with Crippen LogP contribution in [0, 0.1) is 0 Å². The van der Waals surface area contributed by atoms with Crippen LogP contribution in [0.15, 0.2) is 47.8 Å². The van der Waals surface area contributed by atoms with Crippen LogP contribution in [0.3, 0.4) is 0 Å². The van der Waals surface area contributed by atoms with Crippen molar-refractivity contribution in [3.05, 3.63) is 58.6 Å². The number of benzene rings is 1. The zero-order valence-electron chi connectivity index (χ0n) is 12.3. The summed E-state index contributed by atoms with van der Waals surface area (Å²) in [7, 11) is 0. The number of hydroxylamine groups is 1. The Kier molecular flexibility index (Phi) is 4.76. The largest absolute Gasteiger partial charge is 0.293 e. The molecule has 0 unspecified atom stereocenters.